The van der Waals surface area contributed by atoms with E-state index in [0.717, 1.165) is 19.3 Å². The minimum Gasteiger partial charge on any atom is -0.479 e. The molecule has 108 valence electrons. The summed E-state index contributed by atoms with van der Waals surface area (Å²) >= 11 is 1.47. The second kappa shape index (κ2) is 5.69. The highest BCUT2D eigenvalue weighted by Gasteiger charge is 2.24. The molecule has 0 spiro atoms. The van der Waals surface area contributed by atoms with Gasteiger partial charge >= 0.3 is 5.97 Å². The van der Waals surface area contributed by atoms with Crippen LogP contribution in [0.25, 0.3) is 0 Å². The lowest BCUT2D eigenvalue weighted by atomic mass is 10.1. The third-order valence-corrected chi connectivity index (χ3v) is 4.86. The fourth-order valence-electron chi connectivity index (χ4n) is 2.58. The zero-order chi connectivity index (χ0) is 14.8. The second-order valence-corrected chi connectivity index (χ2v) is 6.20. The van der Waals surface area contributed by atoms with Crippen molar-refractivity contribution in [3.05, 3.63) is 57.3 Å². The largest absolute Gasteiger partial charge is 0.479 e. The number of amides is 1. The molecule has 1 unspecified atom stereocenters. The lowest BCUT2D eigenvalue weighted by molar-refractivity contribution is -0.139. The van der Waals surface area contributed by atoms with Crippen LogP contribution in [0.1, 0.15) is 38.1 Å². The number of aliphatic carboxylic acids is 1. The molecule has 1 aliphatic carbocycles. The maximum absolute atomic E-state index is 12.3. The van der Waals surface area contributed by atoms with Gasteiger partial charge in [0, 0.05) is 4.88 Å². The molecule has 1 aromatic carbocycles. The first-order valence-corrected chi connectivity index (χ1v) is 7.67. The first-order valence-electron chi connectivity index (χ1n) is 6.85. The van der Waals surface area contributed by atoms with Crippen LogP contribution < -0.4 is 5.32 Å². The molecule has 4 nitrogen and oxygen atoms in total. The van der Waals surface area contributed by atoms with Gasteiger partial charge in [0.05, 0.1) is 4.88 Å². The number of hydrogen-bond donors (Lipinski definition) is 2. The van der Waals surface area contributed by atoms with Gasteiger partial charge < -0.3 is 10.4 Å². The number of aryl methyl sites for hydroxylation is 2. The molecular formula is C16H15NO3S. The molecule has 0 radical (unpaired) electrons. The molecule has 0 saturated carbocycles. The molecule has 0 bridgehead atoms. The number of thiophene rings is 1. The van der Waals surface area contributed by atoms with Crippen molar-refractivity contribution in [3.8, 4) is 0 Å². The highest BCUT2D eigenvalue weighted by molar-refractivity contribution is 7.14. The van der Waals surface area contributed by atoms with Crippen LogP contribution in [0.4, 0.5) is 0 Å². The van der Waals surface area contributed by atoms with E-state index in [9.17, 15) is 14.7 Å². The molecule has 2 aromatic rings. The van der Waals surface area contributed by atoms with E-state index in [0.29, 0.717) is 10.4 Å². The van der Waals surface area contributed by atoms with Gasteiger partial charge in [-0.15, -0.1) is 11.3 Å². The second-order valence-electron chi connectivity index (χ2n) is 5.07. The fraction of sp³-hybridized carbons (Fsp3) is 0.250. The molecule has 21 heavy (non-hydrogen) atoms. The normalized spacial score (nSPS) is 14.5. The Morgan fingerprint density at radius 1 is 1.19 bits per heavy atom. The molecule has 1 heterocycles. The lowest BCUT2D eigenvalue weighted by Gasteiger charge is -2.14. The number of fused-ring (bicyclic) bond motifs is 1. The molecule has 1 amide bonds. The van der Waals surface area contributed by atoms with Gasteiger partial charge in [-0.2, -0.15) is 0 Å². The molecule has 1 aromatic heterocycles. The summed E-state index contributed by atoms with van der Waals surface area (Å²) in [4.78, 5) is 25.5. The zero-order valence-corrected chi connectivity index (χ0v) is 12.2. The topological polar surface area (TPSA) is 66.4 Å². The summed E-state index contributed by atoms with van der Waals surface area (Å²) in [6.07, 6.45) is 3.18. The molecule has 0 saturated heterocycles. The van der Waals surface area contributed by atoms with Crippen molar-refractivity contribution in [2.75, 3.05) is 0 Å². The van der Waals surface area contributed by atoms with Gasteiger partial charge in [0.1, 0.15) is 0 Å². The summed E-state index contributed by atoms with van der Waals surface area (Å²) < 4.78 is 0. The standard InChI is InChI=1S/C16H15NO3S/c18-15(13-9-11-7-4-8-12(11)21-13)17-14(16(19)20)10-5-2-1-3-6-10/h1-3,5-6,9,14H,4,7-8H2,(H,17,18)(H,19,20). The van der Waals surface area contributed by atoms with E-state index in [1.165, 1.54) is 21.8 Å². The average molecular weight is 301 g/mol. The van der Waals surface area contributed by atoms with Crippen LogP contribution >= 0.6 is 11.3 Å². The van der Waals surface area contributed by atoms with Crippen LogP contribution in [0.15, 0.2) is 36.4 Å². The van der Waals surface area contributed by atoms with E-state index in [1.54, 1.807) is 24.3 Å². The molecular weight excluding hydrogens is 286 g/mol. The fourth-order valence-corrected chi connectivity index (χ4v) is 3.73. The zero-order valence-electron chi connectivity index (χ0n) is 11.3. The Kier molecular flexibility index (Phi) is 3.75. The maximum Gasteiger partial charge on any atom is 0.330 e. The van der Waals surface area contributed by atoms with Crippen LogP contribution in [-0.2, 0) is 17.6 Å². The minimum atomic E-state index is -1.06. The van der Waals surface area contributed by atoms with E-state index < -0.39 is 12.0 Å². The Morgan fingerprint density at radius 3 is 2.62 bits per heavy atom. The number of carboxylic acid groups (broad SMARTS) is 1. The van der Waals surface area contributed by atoms with Crippen molar-refractivity contribution in [2.24, 2.45) is 0 Å². The summed E-state index contributed by atoms with van der Waals surface area (Å²) in [5, 5.41) is 11.9. The van der Waals surface area contributed by atoms with E-state index in [-0.39, 0.29) is 5.91 Å². The van der Waals surface area contributed by atoms with Gasteiger partial charge in [-0.05, 0) is 36.5 Å². The molecule has 1 atom stereocenters. The summed E-state index contributed by atoms with van der Waals surface area (Å²) in [6.45, 7) is 0. The monoisotopic (exact) mass is 301 g/mol. The van der Waals surface area contributed by atoms with Crippen molar-refractivity contribution in [1.82, 2.24) is 5.32 Å². The van der Waals surface area contributed by atoms with E-state index in [2.05, 4.69) is 5.32 Å². The van der Waals surface area contributed by atoms with Gasteiger partial charge in [-0.1, -0.05) is 30.3 Å². The quantitative estimate of drug-likeness (QED) is 0.912. The Hall–Kier alpha value is -2.14. The Bertz CT molecular complexity index is 657. The van der Waals surface area contributed by atoms with Gasteiger partial charge in [0.15, 0.2) is 6.04 Å². The van der Waals surface area contributed by atoms with E-state index in [4.69, 9.17) is 0 Å². The van der Waals surface area contributed by atoms with Gasteiger partial charge in [-0.3, -0.25) is 4.79 Å². The van der Waals surface area contributed by atoms with E-state index >= 15 is 0 Å². The molecule has 1 aliphatic rings. The van der Waals surface area contributed by atoms with Crippen molar-refractivity contribution in [2.45, 2.75) is 25.3 Å². The Morgan fingerprint density at radius 2 is 1.95 bits per heavy atom. The summed E-state index contributed by atoms with van der Waals surface area (Å²) in [5.41, 5.74) is 1.80. The number of rotatable bonds is 4. The van der Waals surface area contributed by atoms with Gasteiger partial charge in [0.2, 0.25) is 0 Å². The lowest BCUT2D eigenvalue weighted by Crippen LogP contribution is -2.33. The summed E-state index contributed by atoms with van der Waals surface area (Å²) in [6, 6.07) is 9.62. The summed E-state index contributed by atoms with van der Waals surface area (Å²) in [7, 11) is 0. The van der Waals surface area contributed by atoms with Gasteiger partial charge in [-0.25, -0.2) is 4.79 Å². The molecule has 0 aliphatic heterocycles. The van der Waals surface area contributed by atoms with Crippen molar-refractivity contribution in [1.29, 1.82) is 0 Å². The Balaban J connectivity index is 1.79. The van der Waals surface area contributed by atoms with Gasteiger partial charge in [0.25, 0.3) is 5.91 Å². The predicted molar refractivity (Wildman–Crippen MR) is 80.6 cm³/mol. The van der Waals surface area contributed by atoms with Crippen molar-refractivity contribution >= 4 is 23.2 Å². The third kappa shape index (κ3) is 2.83. The number of hydrogen-bond acceptors (Lipinski definition) is 3. The predicted octanol–water partition coefficient (Wildman–Crippen LogP) is 2.79. The molecule has 2 N–H and O–H groups in total. The SMILES string of the molecule is O=C(NC(C(=O)O)c1ccccc1)c1cc2c(s1)CCC2. The average Bonchev–Trinajstić information content (AvgIpc) is 3.06. The maximum atomic E-state index is 12.3. The highest BCUT2D eigenvalue weighted by atomic mass is 32.1. The number of benzene rings is 1. The van der Waals surface area contributed by atoms with E-state index in [1.807, 2.05) is 12.1 Å². The Labute approximate surface area is 126 Å². The number of nitrogens with one attached hydrogen (secondary N) is 1. The third-order valence-electron chi connectivity index (χ3n) is 3.63. The first-order chi connectivity index (χ1) is 10.1. The number of carboxylic acids is 1. The number of carbonyl (C=O) groups excluding carboxylic acids is 1. The van der Waals surface area contributed by atoms with Crippen LogP contribution in [0.3, 0.4) is 0 Å². The highest BCUT2D eigenvalue weighted by Crippen LogP contribution is 2.30. The molecule has 5 heteroatoms. The summed E-state index contributed by atoms with van der Waals surface area (Å²) in [5.74, 6) is -1.37. The minimum absolute atomic E-state index is 0.314. The van der Waals surface area contributed by atoms with Crippen LogP contribution in [0.5, 0.6) is 0 Å². The molecule has 0 fully saturated rings. The van der Waals surface area contributed by atoms with Crippen LogP contribution in [-0.4, -0.2) is 17.0 Å². The van der Waals surface area contributed by atoms with Crippen LogP contribution in [0.2, 0.25) is 0 Å². The van der Waals surface area contributed by atoms with Crippen molar-refractivity contribution in [3.63, 3.8) is 0 Å². The van der Waals surface area contributed by atoms with Crippen molar-refractivity contribution < 1.29 is 14.7 Å². The van der Waals surface area contributed by atoms with Crippen LogP contribution in [0, 0.1) is 0 Å². The smallest absolute Gasteiger partial charge is 0.330 e. The first kappa shape index (κ1) is 13.8. The molecule has 3 rings (SSSR count). The number of carbonyl (C=O) groups is 2.